The van der Waals surface area contributed by atoms with Crippen molar-refractivity contribution in [2.24, 2.45) is 0 Å². The highest BCUT2D eigenvalue weighted by molar-refractivity contribution is 6.30. The largest absolute Gasteiger partial charge is 0.244 e. The summed E-state index contributed by atoms with van der Waals surface area (Å²) in [4.78, 5) is 3.78. The molecule has 0 bridgehead atoms. The van der Waals surface area contributed by atoms with Crippen LogP contribution in [0.25, 0.3) is 10.8 Å². The molecule has 1 nitrogen and oxygen atoms in total. The molecule has 0 atom stereocenters. The number of halogens is 3. The van der Waals surface area contributed by atoms with Crippen molar-refractivity contribution in [3.63, 3.8) is 0 Å². The summed E-state index contributed by atoms with van der Waals surface area (Å²) in [7, 11) is 0. The Labute approximate surface area is 84.3 Å². The van der Waals surface area contributed by atoms with Gasteiger partial charge in [-0.25, -0.2) is 13.8 Å². The van der Waals surface area contributed by atoms with Crippen LogP contribution in [0.3, 0.4) is 0 Å². The van der Waals surface area contributed by atoms with Crippen LogP contribution in [0.2, 0.25) is 5.15 Å². The number of aryl methyl sites for hydroxylation is 1. The van der Waals surface area contributed by atoms with Crippen molar-refractivity contribution in [1.29, 1.82) is 0 Å². The van der Waals surface area contributed by atoms with Gasteiger partial charge >= 0.3 is 0 Å². The molecule has 1 aromatic carbocycles. The average molecular weight is 214 g/mol. The number of hydrogen-bond acceptors (Lipinski definition) is 1. The summed E-state index contributed by atoms with van der Waals surface area (Å²) in [5.41, 5.74) is 0.380. The van der Waals surface area contributed by atoms with Crippen molar-refractivity contribution in [2.75, 3.05) is 0 Å². The summed E-state index contributed by atoms with van der Waals surface area (Å²) in [6, 6.07) is 2.24. The molecule has 72 valence electrons. The lowest BCUT2D eigenvalue weighted by Crippen LogP contribution is -1.90. The monoisotopic (exact) mass is 213 g/mol. The Morgan fingerprint density at radius 3 is 2.57 bits per heavy atom. The maximum Gasteiger partial charge on any atom is 0.134 e. The minimum Gasteiger partial charge on any atom is -0.244 e. The van der Waals surface area contributed by atoms with Gasteiger partial charge in [-0.2, -0.15) is 0 Å². The van der Waals surface area contributed by atoms with E-state index < -0.39 is 11.6 Å². The molecular weight excluding hydrogens is 208 g/mol. The highest BCUT2D eigenvalue weighted by Gasteiger charge is 2.09. The smallest absolute Gasteiger partial charge is 0.134 e. The molecule has 2 aromatic rings. The van der Waals surface area contributed by atoms with E-state index in [1.165, 1.54) is 12.3 Å². The van der Waals surface area contributed by atoms with Gasteiger partial charge < -0.3 is 0 Å². The van der Waals surface area contributed by atoms with Gasteiger partial charge in [0, 0.05) is 23.0 Å². The second-order valence-electron chi connectivity index (χ2n) is 3.02. The molecule has 1 heterocycles. The van der Waals surface area contributed by atoms with Crippen LogP contribution in [0, 0.1) is 18.6 Å². The number of hydrogen-bond donors (Lipinski definition) is 0. The third kappa shape index (κ3) is 1.34. The second kappa shape index (κ2) is 3.17. The topological polar surface area (TPSA) is 12.9 Å². The van der Waals surface area contributed by atoms with E-state index in [9.17, 15) is 8.78 Å². The van der Waals surface area contributed by atoms with Crippen molar-refractivity contribution < 1.29 is 8.78 Å². The quantitative estimate of drug-likeness (QED) is 0.611. The van der Waals surface area contributed by atoms with Crippen LogP contribution in [0.4, 0.5) is 8.78 Å². The molecule has 0 aliphatic carbocycles. The molecule has 14 heavy (non-hydrogen) atoms. The lowest BCUT2D eigenvalue weighted by Gasteiger charge is -2.04. The molecular formula is C10H6ClF2N. The molecule has 2 rings (SSSR count). The summed E-state index contributed by atoms with van der Waals surface area (Å²) in [6.45, 7) is 1.58. The molecule has 0 radical (unpaired) electrons. The summed E-state index contributed by atoms with van der Waals surface area (Å²) in [5, 5.41) is 0.943. The van der Waals surface area contributed by atoms with Gasteiger partial charge in [0.2, 0.25) is 0 Å². The predicted molar refractivity (Wildman–Crippen MR) is 51.4 cm³/mol. The Kier molecular flexibility index (Phi) is 2.11. The fourth-order valence-electron chi connectivity index (χ4n) is 1.35. The molecule has 0 saturated carbocycles. The summed E-state index contributed by atoms with van der Waals surface area (Å²) in [6.07, 6.45) is 1.37. The molecule has 1 aromatic heterocycles. The lowest BCUT2D eigenvalue weighted by molar-refractivity contribution is 0.586. The molecule has 0 saturated heterocycles. The first-order valence-corrected chi connectivity index (χ1v) is 4.37. The van der Waals surface area contributed by atoms with Crippen molar-refractivity contribution >= 4 is 22.4 Å². The second-order valence-corrected chi connectivity index (χ2v) is 3.41. The van der Waals surface area contributed by atoms with E-state index in [0.29, 0.717) is 16.3 Å². The van der Waals surface area contributed by atoms with E-state index >= 15 is 0 Å². The molecule has 0 aliphatic heterocycles. The van der Waals surface area contributed by atoms with Crippen LogP contribution in [-0.2, 0) is 0 Å². The summed E-state index contributed by atoms with van der Waals surface area (Å²) >= 11 is 5.61. The van der Waals surface area contributed by atoms with Crippen LogP contribution >= 0.6 is 11.6 Å². The SMILES string of the molecule is Cc1c(F)cc(F)c2cc(Cl)ncc12. The molecule has 0 spiro atoms. The Morgan fingerprint density at radius 2 is 1.86 bits per heavy atom. The lowest BCUT2D eigenvalue weighted by atomic mass is 10.1. The number of benzene rings is 1. The first-order chi connectivity index (χ1) is 6.59. The van der Waals surface area contributed by atoms with E-state index in [1.54, 1.807) is 6.92 Å². The van der Waals surface area contributed by atoms with Crippen LogP contribution < -0.4 is 0 Å². The zero-order valence-electron chi connectivity index (χ0n) is 7.31. The number of pyridine rings is 1. The average Bonchev–Trinajstić information content (AvgIpc) is 2.14. The van der Waals surface area contributed by atoms with Crippen LogP contribution in [-0.4, -0.2) is 4.98 Å². The summed E-state index contributed by atoms with van der Waals surface area (Å²) in [5.74, 6) is -1.19. The zero-order chi connectivity index (χ0) is 10.3. The number of nitrogens with zero attached hydrogens (tertiary/aromatic N) is 1. The number of fused-ring (bicyclic) bond motifs is 1. The normalized spacial score (nSPS) is 10.9. The van der Waals surface area contributed by atoms with Gasteiger partial charge in [-0.3, -0.25) is 0 Å². The molecule has 0 amide bonds. The maximum atomic E-state index is 13.3. The molecule has 4 heteroatoms. The van der Waals surface area contributed by atoms with Crippen molar-refractivity contribution in [3.8, 4) is 0 Å². The van der Waals surface area contributed by atoms with Gasteiger partial charge in [-0.1, -0.05) is 11.6 Å². The Morgan fingerprint density at radius 1 is 1.14 bits per heavy atom. The molecule has 0 unspecified atom stereocenters. The van der Waals surface area contributed by atoms with Gasteiger partial charge in [0.05, 0.1) is 0 Å². The minimum absolute atomic E-state index is 0.197. The van der Waals surface area contributed by atoms with Gasteiger partial charge in [0.1, 0.15) is 16.8 Å². The minimum atomic E-state index is -0.618. The fourth-order valence-corrected chi connectivity index (χ4v) is 1.51. The third-order valence-electron chi connectivity index (χ3n) is 2.14. The maximum absolute atomic E-state index is 13.3. The zero-order valence-corrected chi connectivity index (χ0v) is 8.07. The predicted octanol–water partition coefficient (Wildman–Crippen LogP) is 3.47. The van der Waals surface area contributed by atoms with Gasteiger partial charge in [-0.15, -0.1) is 0 Å². The summed E-state index contributed by atoms with van der Waals surface area (Å²) < 4.78 is 26.4. The van der Waals surface area contributed by atoms with Crippen LogP contribution in [0.15, 0.2) is 18.3 Å². The van der Waals surface area contributed by atoms with E-state index in [4.69, 9.17) is 11.6 Å². The van der Waals surface area contributed by atoms with E-state index in [1.807, 2.05) is 0 Å². The first kappa shape index (κ1) is 9.34. The third-order valence-corrected chi connectivity index (χ3v) is 2.35. The molecule has 0 fully saturated rings. The van der Waals surface area contributed by atoms with E-state index in [0.717, 1.165) is 6.07 Å². The number of aromatic nitrogens is 1. The van der Waals surface area contributed by atoms with E-state index in [2.05, 4.69) is 4.98 Å². The van der Waals surface area contributed by atoms with Crippen molar-refractivity contribution in [1.82, 2.24) is 4.98 Å². The highest BCUT2D eigenvalue weighted by atomic mass is 35.5. The first-order valence-electron chi connectivity index (χ1n) is 3.99. The molecule has 0 aliphatic rings. The fraction of sp³-hybridized carbons (Fsp3) is 0.100. The van der Waals surface area contributed by atoms with Crippen LogP contribution in [0.1, 0.15) is 5.56 Å². The standard InChI is InChI=1S/C10H6ClF2N/c1-5-7-4-14-10(11)2-6(7)9(13)3-8(5)12/h2-4H,1H3. The van der Waals surface area contributed by atoms with Gasteiger partial charge in [0.25, 0.3) is 0 Å². The Bertz CT molecular complexity index is 511. The van der Waals surface area contributed by atoms with Crippen molar-refractivity contribution in [2.45, 2.75) is 6.92 Å². The van der Waals surface area contributed by atoms with E-state index in [-0.39, 0.29) is 5.15 Å². The van der Waals surface area contributed by atoms with Crippen LogP contribution in [0.5, 0.6) is 0 Å². The highest BCUT2D eigenvalue weighted by Crippen LogP contribution is 2.25. The Hall–Kier alpha value is -1.22. The van der Waals surface area contributed by atoms with Gasteiger partial charge in [-0.05, 0) is 18.6 Å². The van der Waals surface area contributed by atoms with Gasteiger partial charge in [0.15, 0.2) is 0 Å². The molecule has 0 N–H and O–H groups in total. The Balaban J connectivity index is 2.94. The van der Waals surface area contributed by atoms with Crippen molar-refractivity contribution in [3.05, 3.63) is 40.7 Å². The number of rotatable bonds is 0.